The molecule has 8 atom stereocenters. The summed E-state index contributed by atoms with van der Waals surface area (Å²) in [6, 6.07) is 15.6. The third-order valence-corrected chi connectivity index (χ3v) is 17.8. The third-order valence-electron chi connectivity index (χ3n) is 13.3. The number of carbonyl (C=O) groups is 4. The van der Waals surface area contributed by atoms with Crippen molar-refractivity contribution in [1.29, 1.82) is 0 Å². The van der Waals surface area contributed by atoms with E-state index in [1.165, 1.54) is 51.4 Å². The van der Waals surface area contributed by atoms with Gasteiger partial charge in [0.05, 0.1) is 37.9 Å². The number of benzene rings is 2. The molecule has 0 aromatic heterocycles. The van der Waals surface area contributed by atoms with Crippen LogP contribution in [0.25, 0.3) is 0 Å². The van der Waals surface area contributed by atoms with Gasteiger partial charge in [0, 0.05) is 5.92 Å². The molecule has 3 amide bonds. The number of unbranched alkanes of at least 4 members (excludes halogenated alkanes) is 10. The second kappa shape index (κ2) is 27.8. The number of hydrogen-bond acceptors (Lipinski definition) is 8. The van der Waals surface area contributed by atoms with Crippen LogP contribution in [0, 0.1) is 17.8 Å². The third kappa shape index (κ3) is 18.4. The molecule has 0 aliphatic carbocycles. The molecule has 1 heterocycles. The van der Waals surface area contributed by atoms with Crippen molar-refractivity contribution in [2.24, 2.45) is 17.8 Å². The van der Waals surface area contributed by atoms with Gasteiger partial charge in [0.1, 0.15) is 18.2 Å². The van der Waals surface area contributed by atoms with E-state index in [2.05, 4.69) is 56.7 Å². The first-order valence-electron chi connectivity index (χ1n) is 24.4. The Kier molecular flexibility index (Phi) is 23.8. The van der Waals surface area contributed by atoms with Crippen molar-refractivity contribution in [2.75, 3.05) is 6.61 Å². The maximum Gasteiger partial charge on any atom is 0.331 e. The SMILES string of the molecule is CCCCCCCCCCCCC[C@@H](O[Si](C)(C)C(C)(C)C)[C@@H](C)C1OC(=O)C(COCc2ccccc2)NC(=O)C(C(C)OCc2ccccc2)NC(=O)[C@H](C(C)C)NC(=O)[C@H]1C. The lowest BCUT2D eigenvalue weighted by Crippen LogP contribution is -2.60. The van der Waals surface area contributed by atoms with Gasteiger partial charge in [-0.05, 0) is 48.5 Å². The van der Waals surface area contributed by atoms with Crippen LogP contribution in [-0.4, -0.2) is 75.1 Å². The molecule has 1 saturated heterocycles. The highest BCUT2D eigenvalue weighted by Gasteiger charge is 2.45. The van der Waals surface area contributed by atoms with Crippen LogP contribution in [0.5, 0.6) is 0 Å². The molecule has 3 N–H and O–H groups in total. The molecule has 2 aromatic carbocycles. The zero-order chi connectivity index (χ0) is 47.3. The molecular formula is C52H85N3O8Si. The summed E-state index contributed by atoms with van der Waals surface area (Å²) in [7, 11) is -2.35. The monoisotopic (exact) mass is 908 g/mol. The van der Waals surface area contributed by atoms with Crippen LogP contribution in [0.4, 0.5) is 0 Å². The van der Waals surface area contributed by atoms with Gasteiger partial charge in [-0.2, -0.15) is 0 Å². The molecule has 1 fully saturated rings. The van der Waals surface area contributed by atoms with Crippen LogP contribution >= 0.6 is 0 Å². The standard InChI is InChI=1S/C52H85N3O8Si/c1-12-13-14-15-16-17-18-19-20-21-28-33-44(63-64(10,11)52(7,8)9)38(4)47-39(5)48(56)54-45(37(2)3)49(57)55-46(40(6)61-35-42-31-26-23-27-32-42)50(58)53-43(51(59)62-47)36-60-34-41-29-24-22-25-30-41/h22-27,29-32,37-40,43-47H,12-21,28,33-36H2,1-11H3,(H,53,58)(H,54,56)(H,55,57)/t38-,39+,40?,43?,44-,45+,46?,47?/m1/s1. The molecule has 0 radical (unpaired) electrons. The van der Waals surface area contributed by atoms with E-state index in [1.54, 1.807) is 13.8 Å². The Morgan fingerprint density at radius 3 is 1.70 bits per heavy atom. The second-order valence-electron chi connectivity index (χ2n) is 20.1. The fourth-order valence-electron chi connectivity index (χ4n) is 7.89. The van der Waals surface area contributed by atoms with Crippen LogP contribution < -0.4 is 16.0 Å². The van der Waals surface area contributed by atoms with Crippen molar-refractivity contribution in [3.8, 4) is 0 Å². The number of nitrogens with one attached hydrogen (secondary N) is 3. The van der Waals surface area contributed by atoms with Gasteiger partial charge in [0.15, 0.2) is 14.4 Å². The summed E-state index contributed by atoms with van der Waals surface area (Å²) in [5.74, 6) is -3.96. The maximum atomic E-state index is 14.6. The van der Waals surface area contributed by atoms with E-state index in [0.717, 1.165) is 36.8 Å². The molecular weight excluding hydrogens is 823 g/mol. The zero-order valence-corrected chi connectivity index (χ0v) is 42.3. The zero-order valence-electron chi connectivity index (χ0n) is 41.3. The maximum absolute atomic E-state index is 14.6. The van der Waals surface area contributed by atoms with Crippen molar-refractivity contribution in [3.63, 3.8) is 0 Å². The molecule has 0 bridgehead atoms. The number of hydrogen-bond donors (Lipinski definition) is 3. The summed E-state index contributed by atoms with van der Waals surface area (Å²) in [5.41, 5.74) is 1.78. The van der Waals surface area contributed by atoms with Gasteiger partial charge in [-0.1, -0.05) is 187 Å². The molecule has 11 nitrogen and oxygen atoms in total. The van der Waals surface area contributed by atoms with Gasteiger partial charge in [-0.25, -0.2) is 4.79 Å². The highest BCUT2D eigenvalue weighted by molar-refractivity contribution is 6.74. The average Bonchev–Trinajstić information content (AvgIpc) is 3.26. The second-order valence-corrected chi connectivity index (χ2v) is 24.8. The minimum absolute atomic E-state index is 0.0890. The minimum atomic E-state index is -2.35. The molecule has 4 unspecified atom stereocenters. The van der Waals surface area contributed by atoms with E-state index in [9.17, 15) is 19.2 Å². The summed E-state index contributed by atoms with van der Waals surface area (Å²) in [5, 5.41) is 8.63. The quantitative estimate of drug-likeness (QED) is 0.0508. The Bertz CT molecular complexity index is 1670. The Morgan fingerprint density at radius 2 is 1.17 bits per heavy atom. The number of amides is 3. The molecule has 1 aliphatic heterocycles. The van der Waals surface area contributed by atoms with Crippen molar-refractivity contribution in [1.82, 2.24) is 16.0 Å². The van der Waals surface area contributed by atoms with Gasteiger partial charge >= 0.3 is 5.97 Å². The number of ether oxygens (including phenoxy) is 3. The predicted molar refractivity (Wildman–Crippen MR) is 259 cm³/mol. The lowest BCUT2D eigenvalue weighted by atomic mass is 9.86. The van der Waals surface area contributed by atoms with Crippen molar-refractivity contribution in [2.45, 2.75) is 207 Å². The topological polar surface area (TPSA) is 141 Å². The molecule has 0 saturated carbocycles. The van der Waals surface area contributed by atoms with Gasteiger partial charge < -0.3 is 34.6 Å². The summed E-state index contributed by atoms with van der Waals surface area (Å²) in [4.78, 5) is 57.6. The highest BCUT2D eigenvalue weighted by atomic mass is 28.4. The van der Waals surface area contributed by atoms with Crippen LogP contribution in [0.2, 0.25) is 18.1 Å². The van der Waals surface area contributed by atoms with E-state index in [0.29, 0.717) is 0 Å². The summed E-state index contributed by atoms with van der Waals surface area (Å²) in [6.07, 6.45) is 12.1. The number of carbonyl (C=O) groups excluding carboxylic acids is 4. The lowest BCUT2D eigenvalue weighted by molar-refractivity contribution is -0.165. The summed E-state index contributed by atoms with van der Waals surface area (Å²) < 4.78 is 25.9. The smallest absolute Gasteiger partial charge is 0.331 e. The average molecular weight is 908 g/mol. The van der Waals surface area contributed by atoms with Crippen LogP contribution in [-0.2, 0) is 51.0 Å². The normalized spacial score (nSPS) is 22.0. The van der Waals surface area contributed by atoms with Gasteiger partial charge in [-0.15, -0.1) is 0 Å². The summed E-state index contributed by atoms with van der Waals surface area (Å²) in [6.45, 7) is 22.6. The Labute approximate surface area is 387 Å². The largest absolute Gasteiger partial charge is 0.460 e. The van der Waals surface area contributed by atoms with E-state index >= 15 is 0 Å². The highest BCUT2D eigenvalue weighted by Crippen LogP contribution is 2.40. The van der Waals surface area contributed by atoms with Gasteiger partial charge in [0.2, 0.25) is 17.7 Å². The molecule has 12 heteroatoms. The van der Waals surface area contributed by atoms with E-state index < -0.39 is 74.2 Å². The molecule has 3 rings (SSSR count). The van der Waals surface area contributed by atoms with Crippen LogP contribution in [0.15, 0.2) is 60.7 Å². The molecule has 64 heavy (non-hydrogen) atoms. The fourth-order valence-corrected chi connectivity index (χ4v) is 9.33. The minimum Gasteiger partial charge on any atom is -0.460 e. The van der Waals surface area contributed by atoms with Gasteiger partial charge in [0.25, 0.3) is 0 Å². The van der Waals surface area contributed by atoms with E-state index in [-0.39, 0.29) is 36.9 Å². The first-order chi connectivity index (χ1) is 30.4. The molecule has 2 aromatic rings. The Morgan fingerprint density at radius 1 is 0.672 bits per heavy atom. The number of rotatable bonds is 25. The molecule has 1 aliphatic rings. The van der Waals surface area contributed by atoms with Crippen LogP contribution in [0.1, 0.15) is 150 Å². The fraction of sp³-hybridized carbons (Fsp3) is 0.692. The van der Waals surface area contributed by atoms with Crippen LogP contribution in [0.3, 0.4) is 0 Å². The van der Waals surface area contributed by atoms with E-state index in [1.807, 2.05) is 81.4 Å². The van der Waals surface area contributed by atoms with E-state index in [4.69, 9.17) is 18.6 Å². The molecule has 360 valence electrons. The van der Waals surface area contributed by atoms with Crippen molar-refractivity contribution >= 4 is 32.0 Å². The first kappa shape index (κ1) is 54.7. The Hall–Kier alpha value is -3.58. The van der Waals surface area contributed by atoms with Gasteiger partial charge in [-0.3, -0.25) is 14.4 Å². The number of esters is 1. The van der Waals surface area contributed by atoms with Crippen molar-refractivity contribution in [3.05, 3.63) is 71.8 Å². The molecule has 0 spiro atoms. The lowest BCUT2D eigenvalue weighted by Gasteiger charge is -2.43. The first-order valence-corrected chi connectivity index (χ1v) is 27.3. The predicted octanol–water partition coefficient (Wildman–Crippen LogP) is 10.2. The summed E-state index contributed by atoms with van der Waals surface area (Å²) >= 11 is 0. The van der Waals surface area contributed by atoms with Crippen molar-refractivity contribution < 1.29 is 37.8 Å². The Balaban J connectivity index is 1.97. The number of cyclic esters (lactones) is 1.